The zero-order valence-corrected chi connectivity index (χ0v) is 14.1. The third-order valence-corrected chi connectivity index (χ3v) is 4.10. The molecule has 0 aliphatic carbocycles. The maximum atomic E-state index is 13.7. The molecule has 1 aromatic heterocycles. The van der Waals surface area contributed by atoms with Crippen molar-refractivity contribution in [3.63, 3.8) is 0 Å². The average molecular weight is 377 g/mol. The maximum absolute atomic E-state index is 13.7. The molecule has 0 aliphatic heterocycles. The lowest BCUT2D eigenvalue weighted by molar-refractivity contribution is -0.138. The third kappa shape index (κ3) is 3.38. The minimum atomic E-state index is -4.79. The Kier molecular flexibility index (Phi) is 4.65. The minimum absolute atomic E-state index is 0.0340. The van der Waals surface area contributed by atoms with E-state index in [1.165, 1.54) is 18.2 Å². The summed E-state index contributed by atoms with van der Waals surface area (Å²) in [6.45, 7) is 0. The Morgan fingerprint density at radius 1 is 1.11 bits per heavy atom. The number of halogens is 3. The molecule has 0 amide bonds. The Bertz CT molecular complexity index is 1020. The van der Waals surface area contributed by atoms with Crippen molar-refractivity contribution >= 4 is 22.8 Å². The van der Waals surface area contributed by atoms with Gasteiger partial charge in [0.25, 0.3) is 5.91 Å². The predicted octanol–water partition coefficient (Wildman–Crippen LogP) is 3.98. The molecule has 3 rings (SSSR count). The summed E-state index contributed by atoms with van der Waals surface area (Å²) >= 11 is 0. The van der Waals surface area contributed by atoms with E-state index in [1.807, 2.05) is 0 Å². The number of fused-ring (bicyclic) bond motifs is 1. The van der Waals surface area contributed by atoms with Crippen molar-refractivity contribution in [3.8, 4) is 5.75 Å². The SMILES string of the molecule is COc1ccc2c(c(CC(=O)O)cn2C(=O)c2ccccc2)c1C(F)(F)F. The average Bonchev–Trinajstić information content (AvgIpc) is 2.97. The van der Waals surface area contributed by atoms with E-state index < -0.39 is 35.8 Å². The number of ether oxygens (including phenoxy) is 1. The van der Waals surface area contributed by atoms with E-state index in [-0.39, 0.29) is 22.0 Å². The van der Waals surface area contributed by atoms with Gasteiger partial charge in [0, 0.05) is 17.1 Å². The zero-order chi connectivity index (χ0) is 19.8. The molecule has 2 aromatic carbocycles. The Labute approximate surface area is 151 Å². The number of carboxylic acid groups (broad SMARTS) is 1. The van der Waals surface area contributed by atoms with E-state index in [0.717, 1.165) is 23.9 Å². The molecule has 0 radical (unpaired) electrons. The molecule has 8 heteroatoms. The van der Waals surface area contributed by atoms with Crippen molar-refractivity contribution in [2.75, 3.05) is 7.11 Å². The van der Waals surface area contributed by atoms with Gasteiger partial charge in [0.2, 0.25) is 0 Å². The maximum Gasteiger partial charge on any atom is 0.420 e. The monoisotopic (exact) mass is 377 g/mol. The number of carbonyl (C=O) groups is 2. The summed E-state index contributed by atoms with van der Waals surface area (Å²) < 4.78 is 47.0. The molecule has 0 unspecified atom stereocenters. The molecule has 0 fully saturated rings. The van der Waals surface area contributed by atoms with Crippen molar-refractivity contribution in [1.29, 1.82) is 0 Å². The lowest BCUT2D eigenvalue weighted by Crippen LogP contribution is -2.12. The summed E-state index contributed by atoms with van der Waals surface area (Å²) in [4.78, 5) is 23.9. The fourth-order valence-electron chi connectivity index (χ4n) is 3.02. The van der Waals surface area contributed by atoms with Gasteiger partial charge in [-0.15, -0.1) is 0 Å². The normalized spacial score (nSPS) is 11.6. The number of carboxylic acids is 1. The first-order chi connectivity index (χ1) is 12.7. The Balaban J connectivity index is 2.35. The van der Waals surface area contributed by atoms with Crippen LogP contribution in [-0.4, -0.2) is 28.7 Å². The van der Waals surface area contributed by atoms with Crippen LogP contribution in [0.15, 0.2) is 48.7 Å². The molecule has 0 aliphatic rings. The third-order valence-electron chi connectivity index (χ3n) is 4.10. The molecule has 0 atom stereocenters. The number of benzene rings is 2. The minimum Gasteiger partial charge on any atom is -0.496 e. The van der Waals surface area contributed by atoms with E-state index in [1.54, 1.807) is 18.2 Å². The molecule has 140 valence electrons. The highest BCUT2D eigenvalue weighted by Gasteiger charge is 2.38. The van der Waals surface area contributed by atoms with Crippen LogP contribution in [0, 0.1) is 0 Å². The Morgan fingerprint density at radius 2 is 1.78 bits per heavy atom. The number of hydrogen-bond acceptors (Lipinski definition) is 3. The van der Waals surface area contributed by atoms with Crippen molar-refractivity contribution in [1.82, 2.24) is 4.57 Å². The molecule has 3 aromatic rings. The summed E-state index contributed by atoms with van der Waals surface area (Å²) in [5, 5.41) is 8.75. The second-order valence-electron chi connectivity index (χ2n) is 5.80. The quantitative estimate of drug-likeness (QED) is 0.747. The number of rotatable bonds is 4. The van der Waals surface area contributed by atoms with Gasteiger partial charge in [-0.25, -0.2) is 0 Å². The van der Waals surface area contributed by atoms with Crippen molar-refractivity contribution in [2.24, 2.45) is 0 Å². The first-order valence-electron chi connectivity index (χ1n) is 7.83. The number of alkyl halides is 3. The predicted molar refractivity (Wildman–Crippen MR) is 91.0 cm³/mol. The number of aliphatic carboxylic acids is 1. The molecule has 1 N–H and O–H groups in total. The van der Waals surface area contributed by atoms with E-state index in [4.69, 9.17) is 9.84 Å². The molecular formula is C19H14F3NO4. The van der Waals surface area contributed by atoms with E-state index in [9.17, 15) is 22.8 Å². The molecule has 1 heterocycles. The molecule has 0 bridgehead atoms. The van der Waals surface area contributed by atoms with Gasteiger partial charge in [0.15, 0.2) is 0 Å². The largest absolute Gasteiger partial charge is 0.496 e. The van der Waals surface area contributed by atoms with Crippen LogP contribution in [0.25, 0.3) is 10.9 Å². The molecule has 27 heavy (non-hydrogen) atoms. The van der Waals surface area contributed by atoms with Crippen molar-refractivity contribution in [3.05, 3.63) is 65.4 Å². The van der Waals surface area contributed by atoms with Gasteiger partial charge in [0.1, 0.15) is 11.3 Å². The van der Waals surface area contributed by atoms with E-state index in [0.29, 0.717) is 0 Å². The second-order valence-corrected chi connectivity index (χ2v) is 5.80. The van der Waals surface area contributed by atoms with Gasteiger partial charge in [-0.3, -0.25) is 14.2 Å². The number of aromatic nitrogens is 1. The number of hydrogen-bond donors (Lipinski definition) is 1. The molecule has 0 spiro atoms. The number of methoxy groups -OCH3 is 1. The van der Waals surface area contributed by atoms with Gasteiger partial charge < -0.3 is 9.84 Å². The second kappa shape index (κ2) is 6.79. The summed E-state index contributed by atoms with van der Waals surface area (Å²) in [5.74, 6) is -2.31. The zero-order valence-electron chi connectivity index (χ0n) is 14.1. The Hall–Kier alpha value is -3.29. The fraction of sp³-hybridized carbons (Fsp3) is 0.158. The Morgan fingerprint density at radius 3 is 2.33 bits per heavy atom. The standard InChI is InChI=1S/C19H14F3NO4/c1-27-14-8-7-13-16(17(14)19(20,21)22)12(9-15(24)25)10-23(13)18(26)11-5-3-2-4-6-11/h2-8,10H,9H2,1H3,(H,24,25). The lowest BCUT2D eigenvalue weighted by atomic mass is 10.0. The summed E-state index contributed by atoms with van der Waals surface area (Å²) in [7, 11) is 1.10. The van der Waals surface area contributed by atoms with Crippen LogP contribution in [0.2, 0.25) is 0 Å². The number of carbonyl (C=O) groups excluding carboxylic acids is 1. The highest BCUT2D eigenvalue weighted by molar-refractivity contribution is 6.04. The molecule has 0 saturated heterocycles. The van der Waals surface area contributed by atoms with Gasteiger partial charge >= 0.3 is 12.1 Å². The van der Waals surface area contributed by atoms with Crippen LogP contribution in [0.5, 0.6) is 5.75 Å². The summed E-state index contributed by atoms with van der Waals surface area (Å²) in [6, 6.07) is 10.4. The molecular weight excluding hydrogens is 363 g/mol. The summed E-state index contributed by atoms with van der Waals surface area (Å²) in [5.41, 5.74) is -0.986. The van der Waals surface area contributed by atoms with Gasteiger partial charge in [-0.05, 0) is 29.8 Å². The van der Waals surface area contributed by atoms with Crippen LogP contribution >= 0.6 is 0 Å². The van der Waals surface area contributed by atoms with Gasteiger partial charge in [-0.1, -0.05) is 18.2 Å². The van der Waals surface area contributed by atoms with Crippen LogP contribution in [-0.2, 0) is 17.4 Å². The fourth-order valence-corrected chi connectivity index (χ4v) is 3.02. The highest BCUT2D eigenvalue weighted by atomic mass is 19.4. The van der Waals surface area contributed by atoms with Gasteiger partial charge in [-0.2, -0.15) is 13.2 Å². The summed E-state index contributed by atoms with van der Waals surface area (Å²) in [6.07, 6.45) is -4.31. The van der Waals surface area contributed by atoms with E-state index >= 15 is 0 Å². The first-order valence-corrected chi connectivity index (χ1v) is 7.83. The molecule has 5 nitrogen and oxygen atoms in total. The van der Waals surface area contributed by atoms with Gasteiger partial charge in [0.05, 0.1) is 19.0 Å². The van der Waals surface area contributed by atoms with Crippen molar-refractivity contribution in [2.45, 2.75) is 12.6 Å². The van der Waals surface area contributed by atoms with Crippen LogP contribution in [0.4, 0.5) is 13.2 Å². The van der Waals surface area contributed by atoms with Crippen LogP contribution in [0.1, 0.15) is 21.5 Å². The highest BCUT2D eigenvalue weighted by Crippen LogP contribution is 2.43. The van der Waals surface area contributed by atoms with Crippen LogP contribution < -0.4 is 4.74 Å². The van der Waals surface area contributed by atoms with E-state index in [2.05, 4.69) is 0 Å². The van der Waals surface area contributed by atoms with Crippen molar-refractivity contribution < 1.29 is 32.6 Å². The topological polar surface area (TPSA) is 68.5 Å². The smallest absolute Gasteiger partial charge is 0.420 e. The lowest BCUT2D eigenvalue weighted by Gasteiger charge is -2.14. The number of nitrogens with zero attached hydrogens (tertiary/aromatic N) is 1. The van der Waals surface area contributed by atoms with Crippen LogP contribution in [0.3, 0.4) is 0 Å². The molecule has 0 saturated carbocycles. The first kappa shape index (κ1) is 18.5.